The number of methoxy groups -OCH3 is 1. The van der Waals surface area contributed by atoms with Gasteiger partial charge in [-0.3, -0.25) is 14.4 Å². The average Bonchev–Trinajstić information content (AvgIpc) is 2.73. The van der Waals surface area contributed by atoms with Gasteiger partial charge in [0.2, 0.25) is 21.8 Å². The summed E-state index contributed by atoms with van der Waals surface area (Å²) in [6.07, 6.45) is -0.102. The van der Waals surface area contributed by atoms with Gasteiger partial charge < -0.3 is 15.4 Å². The van der Waals surface area contributed by atoms with Gasteiger partial charge in [0.15, 0.2) is 0 Å². The fraction of sp³-hybridized carbons (Fsp3) is 0.318. The highest BCUT2D eigenvalue weighted by Crippen LogP contribution is 2.19. The van der Waals surface area contributed by atoms with Gasteiger partial charge in [-0.05, 0) is 43.7 Å². The Hall–Kier alpha value is -3.24. The van der Waals surface area contributed by atoms with E-state index < -0.39 is 34.0 Å². The van der Waals surface area contributed by atoms with Crippen LogP contribution in [0.3, 0.4) is 0 Å². The molecule has 0 aromatic heterocycles. The van der Waals surface area contributed by atoms with E-state index in [2.05, 4.69) is 15.4 Å². The second kappa shape index (κ2) is 10.9. The van der Waals surface area contributed by atoms with Gasteiger partial charge in [0, 0.05) is 12.6 Å². The maximum atomic E-state index is 12.7. The number of ether oxygens (including phenoxy) is 1. The van der Waals surface area contributed by atoms with Gasteiger partial charge in [-0.15, -0.1) is 0 Å². The van der Waals surface area contributed by atoms with Crippen LogP contribution in [-0.2, 0) is 29.1 Å². The fourth-order valence-electron chi connectivity index (χ4n) is 2.87. The minimum absolute atomic E-state index is 0.0594. The molecule has 0 spiro atoms. The first-order chi connectivity index (χ1) is 15.0. The molecule has 2 amide bonds. The quantitative estimate of drug-likeness (QED) is 0.490. The van der Waals surface area contributed by atoms with Gasteiger partial charge in [-0.1, -0.05) is 29.8 Å². The molecule has 10 heteroatoms. The highest BCUT2D eigenvalue weighted by Gasteiger charge is 2.25. The van der Waals surface area contributed by atoms with Crippen molar-refractivity contribution < 1.29 is 27.5 Å². The van der Waals surface area contributed by atoms with E-state index in [1.165, 1.54) is 45.2 Å². The van der Waals surface area contributed by atoms with Crippen LogP contribution < -0.4 is 15.4 Å². The average molecular weight is 462 g/mol. The first-order valence-electron chi connectivity index (χ1n) is 9.85. The summed E-state index contributed by atoms with van der Waals surface area (Å²) >= 11 is 0. The Kier molecular flexibility index (Phi) is 8.50. The molecule has 9 nitrogen and oxygen atoms in total. The molecule has 172 valence electrons. The van der Waals surface area contributed by atoms with Crippen LogP contribution in [0.2, 0.25) is 0 Å². The molecule has 0 aliphatic heterocycles. The van der Waals surface area contributed by atoms with E-state index >= 15 is 0 Å². The van der Waals surface area contributed by atoms with Crippen molar-refractivity contribution in [2.75, 3.05) is 12.4 Å². The summed E-state index contributed by atoms with van der Waals surface area (Å²) < 4.78 is 32.3. The minimum Gasteiger partial charge on any atom is -0.469 e. The number of esters is 1. The van der Waals surface area contributed by atoms with Crippen LogP contribution in [0, 0.1) is 6.92 Å². The van der Waals surface area contributed by atoms with Gasteiger partial charge >= 0.3 is 5.97 Å². The van der Waals surface area contributed by atoms with Crippen molar-refractivity contribution in [1.29, 1.82) is 0 Å². The number of benzene rings is 2. The van der Waals surface area contributed by atoms with Gasteiger partial charge in [0.1, 0.15) is 0 Å². The molecule has 0 heterocycles. The molecule has 0 radical (unpaired) electrons. The molecule has 2 aromatic rings. The third kappa shape index (κ3) is 7.17. The van der Waals surface area contributed by atoms with E-state index in [1.807, 2.05) is 19.1 Å². The molecule has 2 rings (SSSR count). The summed E-state index contributed by atoms with van der Waals surface area (Å²) in [4.78, 5) is 35.6. The number of sulfonamides is 1. The summed E-state index contributed by atoms with van der Waals surface area (Å²) in [6, 6.07) is 11.0. The van der Waals surface area contributed by atoms with Crippen molar-refractivity contribution in [2.24, 2.45) is 0 Å². The molecular weight excluding hydrogens is 434 g/mol. The molecule has 0 aliphatic rings. The Morgan fingerprint density at radius 1 is 1.00 bits per heavy atom. The van der Waals surface area contributed by atoms with Crippen LogP contribution in [-0.4, -0.2) is 39.4 Å². The molecular formula is C22H27N3O6S. The largest absolute Gasteiger partial charge is 0.469 e. The summed E-state index contributed by atoms with van der Waals surface area (Å²) in [5, 5.41) is 5.26. The SMILES string of the molecule is COC(=O)CC(NC(=O)[C@H](C)NS(=O)(=O)c1ccc(NC(C)=O)cc1)c1ccc(C)cc1. The zero-order valence-electron chi connectivity index (χ0n) is 18.3. The number of carbonyl (C=O) groups excluding carboxylic acids is 3. The van der Waals surface area contributed by atoms with Gasteiger partial charge in [-0.2, -0.15) is 4.72 Å². The van der Waals surface area contributed by atoms with Crippen molar-refractivity contribution in [3.8, 4) is 0 Å². The summed E-state index contributed by atoms with van der Waals surface area (Å²) in [6.45, 7) is 4.66. The lowest BCUT2D eigenvalue weighted by atomic mass is 10.0. The fourth-order valence-corrected chi connectivity index (χ4v) is 4.08. The Bertz CT molecular complexity index is 1070. The Morgan fingerprint density at radius 2 is 1.59 bits per heavy atom. The molecule has 32 heavy (non-hydrogen) atoms. The van der Waals surface area contributed by atoms with Crippen LogP contribution in [0.5, 0.6) is 0 Å². The molecule has 2 atom stereocenters. The van der Waals surface area contributed by atoms with Crippen molar-refractivity contribution in [3.05, 3.63) is 59.7 Å². The number of nitrogens with one attached hydrogen (secondary N) is 3. The van der Waals surface area contributed by atoms with Crippen LogP contribution in [0.25, 0.3) is 0 Å². The van der Waals surface area contributed by atoms with Gasteiger partial charge in [0.25, 0.3) is 0 Å². The second-order valence-electron chi connectivity index (χ2n) is 7.30. The third-order valence-corrected chi connectivity index (χ3v) is 6.16. The topological polar surface area (TPSA) is 131 Å². The van der Waals surface area contributed by atoms with Crippen molar-refractivity contribution in [1.82, 2.24) is 10.0 Å². The van der Waals surface area contributed by atoms with E-state index in [9.17, 15) is 22.8 Å². The molecule has 0 fully saturated rings. The first-order valence-corrected chi connectivity index (χ1v) is 11.3. The number of aryl methyl sites for hydroxylation is 1. The maximum Gasteiger partial charge on any atom is 0.307 e. The molecule has 0 aliphatic carbocycles. The zero-order chi connectivity index (χ0) is 23.9. The lowest BCUT2D eigenvalue weighted by Crippen LogP contribution is -2.46. The Balaban J connectivity index is 2.12. The van der Waals surface area contributed by atoms with Crippen LogP contribution in [0.15, 0.2) is 53.4 Å². The zero-order valence-corrected chi connectivity index (χ0v) is 19.2. The molecule has 1 unspecified atom stereocenters. The smallest absolute Gasteiger partial charge is 0.307 e. The maximum absolute atomic E-state index is 12.7. The Labute approximate surface area is 187 Å². The molecule has 0 saturated carbocycles. The predicted octanol–water partition coefficient (Wildman–Crippen LogP) is 2.04. The number of amides is 2. The molecule has 0 saturated heterocycles. The summed E-state index contributed by atoms with van der Waals surface area (Å²) in [5.41, 5.74) is 2.16. The predicted molar refractivity (Wildman–Crippen MR) is 119 cm³/mol. The highest BCUT2D eigenvalue weighted by molar-refractivity contribution is 7.89. The number of rotatable bonds is 9. The monoisotopic (exact) mass is 461 g/mol. The van der Waals surface area contributed by atoms with E-state index in [-0.39, 0.29) is 17.2 Å². The van der Waals surface area contributed by atoms with Crippen molar-refractivity contribution >= 4 is 33.5 Å². The van der Waals surface area contributed by atoms with E-state index in [0.29, 0.717) is 11.3 Å². The number of hydrogen-bond donors (Lipinski definition) is 3. The van der Waals surface area contributed by atoms with Crippen LogP contribution >= 0.6 is 0 Å². The number of anilines is 1. The van der Waals surface area contributed by atoms with Crippen molar-refractivity contribution in [2.45, 2.75) is 44.2 Å². The van der Waals surface area contributed by atoms with Gasteiger partial charge in [-0.25, -0.2) is 8.42 Å². The number of hydrogen-bond acceptors (Lipinski definition) is 6. The van der Waals surface area contributed by atoms with E-state index in [0.717, 1.165) is 5.56 Å². The molecule has 0 bridgehead atoms. The third-order valence-electron chi connectivity index (χ3n) is 4.60. The second-order valence-corrected chi connectivity index (χ2v) is 9.01. The van der Waals surface area contributed by atoms with Crippen LogP contribution in [0.1, 0.15) is 37.4 Å². The highest BCUT2D eigenvalue weighted by atomic mass is 32.2. The summed E-state index contributed by atoms with van der Waals surface area (Å²) in [7, 11) is -2.74. The van der Waals surface area contributed by atoms with E-state index in [4.69, 9.17) is 4.74 Å². The summed E-state index contributed by atoms with van der Waals surface area (Å²) in [5.74, 6) is -1.39. The minimum atomic E-state index is -4.00. The van der Waals surface area contributed by atoms with Crippen molar-refractivity contribution in [3.63, 3.8) is 0 Å². The van der Waals surface area contributed by atoms with Crippen LogP contribution in [0.4, 0.5) is 5.69 Å². The molecule has 3 N–H and O–H groups in total. The number of carbonyl (C=O) groups is 3. The standard InChI is InChI=1S/C22H27N3O6S/c1-14-5-7-17(8-6-14)20(13-21(27)31-4)24-22(28)15(2)25-32(29,30)19-11-9-18(10-12-19)23-16(3)26/h5-12,15,20,25H,13H2,1-4H3,(H,23,26)(H,24,28)/t15-,20?/m0/s1. The first kappa shape index (κ1) is 25.0. The van der Waals surface area contributed by atoms with E-state index in [1.54, 1.807) is 12.1 Å². The lowest BCUT2D eigenvalue weighted by molar-refractivity contribution is -0.141. The lowest BCUT2D eigenvalue weighted by Gasteiger charge is -2.21. The molecule has 2 aromatic carbocycles. The normalized spacial score (nSPS) is 13.0. The van der Waals surface area contributed by atoms with Gasteiger partial charge in [0.05, 0.1) is 30.5 Å². The Morgan fingerprint density at radius 3 is 2.12 bits per heavy atom.